The second kappa shape index (κ2) is 6.35. The number of hydrogen-bond acceptors (Lipinski definition) is 4. The van der Waals surface area contributed by atoms with Crippen LogP contribution in [0, 0.1) is 0 Å². The highest BCUT2D eigenvalue weighted by molar-refractivity contribution is 4.66. The molecule has 4 nitrogen and oxygen atoms in total. The van der Waals surface area contributed by atoms with Crippen molar-refractivity contribution in [3.63, 3.8) is 0 Å². The van der Waals surface area contributed by atoms with E-state index in [9.17, 15) is 5.11 Å². The largest absolute Gasteiger partial charge is 0.389 e. The third-order valence-corrected chi connectivity index (χ3v) is 2.17. The van der Waals surface area contributed by atoms with Crippen molar-refractivity contribution in [1.82, 2.24) is 5.32 Å². The third kappa shape index (κ3) is 4.91. The lowest BCUT2D eigenvalue weighted by Crippen LogP contribution is -2.35. The van der Waals surface area contributed by atoms with Crippen LogP contribution in [0.15, 0.2) is 0 Å². The Morgan fingerprint density at radius 3 is 2.93 bits per heavy atom. The van der Waals surface area contributed by atoms with Crippen LogP contribution < -0.4 is 5.32 Å². The molecule has 0 amide bonds. The molecule has 0 saturated carbocycles. The molecule has 2 N–H and O–H groups in total. The van der Waals surface area contributed by atoms with E-state index in [2.05, 4.69) is 19.2 Å². The molecule has 1 heterocycles. The summed E-state index contributed by atoms with van der Waals surface area (Å²) in [5, 5.41) is 12.7. The summed E-state index contributed by atoms with van der Waals surface area (Å²) in [4.78, 5) is 0. The van der Waals surface area contributed by atoms with Crippen LogP contribution in [0.25, 0.3) is 0 Å². The molecule has 1 aliphatic heterocycles. The molecule has 1 aliphatic rings. The van der Waals surface area contributed by atoms with Crippen LogP contribution >= 0.6 is 0 Å². The number of rotatable bonds is 6. The molecule has 2 unspecified atom stereocenters. The van der Waals surface area contributed by atoms with Gasteiger partial charge in [-0.1, -0.05) is 13.8 Å². The van der Waals surface area contributed by atoms with Crippen molar-refractivity contribution in [2.24, 2.45) is 0 Å². The standard InChI is InChI=1S/C10H21NO3/c1-8(2)11-5-9(12)6-14-10-3-4-13-7-10/h8-12H,3-7H2,1-2H3. The second-order valence-corrected chi connectivity index (χ2v) is 4.04. The van der Waals surface area contributed by atoms with Gasteiger partial charge in [-0.2, -0.15) is 0 Å². The van der Waals surface area contributed by atoms with E-state index in [1.165, 1.54) is 0 Å². The van der Waals surface area contributed by atoms with Crippen LogP contribution in [0.5, 0.6) is 0 Å². The first-order chi connectivity index (χ1) is 6.68. The minimum atomic E-state index is -0.419. The van der Waals surface area contributed by atoms with Gasteiger partial charge < -0.3 is 19.9 Å². The highest BCUT2D eigenvalue weighted by atomic mass is 16.5. The summed E-state index contributed by atoms with van der Waals surface area (Å²) in [6.45, 7) is 6.55. The van der Waals surface area contributed by atoms with Crippen LogP contribution in [0.1, 0.15) is 20.3 Å². The van der Waals surface area contributed by atoms with Crippen molar-refractivity contribution >= 4 is 0 Å². The Morgan fingerprint density at radius 2 is 2.36 bits per heavy atom. The van der Waals surface area contributed by atoms with Gasteiger partial charge in [-0.15, -0.1) is 0 Å². The molecule has 0 aromatic heterocycles. The molecule has 4 heteroatoms. The van der Waals surface area contributed by atoms with E-state index in [4.69, 9.17) is 9.47 Å². The van der Waals surface area contributed by atoms with Crippen LogP contribution in [0.2, 0.25) is 0 Å². The zero-order chi connectivity index (χ0) is 10.4. The molecule has 0 radical (unpaired) electrons. The smallest absolute Gasteiger partial charge is 0.0897 e. The zero-order valence-electron chi connectivity index (χ0n) is 9.03. The fourth-order valence-electron chi connectivity index (χ4n) is 1.32. The van der Waals surface area contributed by atoms with Crippen molar-refractivity contribution in [3.05, 3.63) is 0 Å². The molecule has 1 fully saturated rings. The van der Waals surface area contributed by atoms with Crippen molar-refractivity contribution in [2.75, 3.05) is 26.4 Å². The van der Waals surface area contributed by atoms with Gasteiger partial charge in [0.15, 0.2) is 0 Å². The minimum Gasteiger partial charge on any atom is -0.389 e. The van der Waals surface area contributed by atoms with Gasteiger partial charge in [0.05, 0.1) is 25.4 Å². The Balaban J connectivity index is 1.99. The van der Waals surface area contributed by atoms with Crippen molar-refractivity contribution in [2.45, 2.75) is 38.5 Å². The van der Waals surface area contributed by atoms with E-state index in [0.717, 1.165) is 13.0 Å². The van der Waals surface area contributed by atoms with Crippen LogP contribution in [-0.2, 0) is 9.47 Å². The Hall–Kier alpha value is -0.160. The SMILES string of the molecule is CC(C)NCC(O)COC1CCOC1. The maximum absolute atomic E-state index is 9.53. The molecule has 0 aliphatic carbocycles. The second-order valence-electron chi connectivity index (χ2n) is 4.04. The summed E-state index contributed by atoms with van der Waals surface area (Å²) >= 11 is 0. The normalized spacial score (nSPS) is 24.4. The average Bonchev–Trinajstić information content (AvgIpc) is 2.63. The third-order valence-electron chi connectivity index (χ3n) is 2.17. The molecule has 0 bridgehead atoms. The van der Waals surface area contributed by atoms with Gasteiger partial charge >= 0.3 is 0 Å². The van der Waals surface area contributed by atoms with Gasteiger partial charge in [-0.25, -0.2) is 0 Å². The fourth-order valence-corrected chi connectivity index (χ4v) is 1.32. The lowest BCUT2D eigenvalue weighted by Gasteiger charge is -2.16. The predicted octanol–water partition coefficient (Wildman–Crippen LogP) is 0.151. The number of nitrogens with one attached hydrogen (secondary N) is 1. The molecule has 14 heavy (non-hydrogen) atoms. The molecule has 1 rings (SSSR count). The van der Waals surface area contributed by atoms with Gasteiger partial charge in [0.1, 0.15) is 0 Å². The van der Waals surface area contributed by atoms with Gasteiger partial charge in [0, 0.05) is 19.2 Å². The Kier molecular flexibility index (Phi) is 5.40. The van der Waals surface area contributed by atoms with Gasteiger partial charge in [-0.3, -0.25) is 0 Å². The molecule has 1 saturated heterocycles. The first kappa shape index (κ1) is 11.9. The predicted molar refractivity (Wildman–Crippen MR) is 54.3 cm³/mol. The maximum Gasteiger partial charge on any atom is 0.0897 e. The first-order valence-electron chi connectivity index (χ1n) is 5.29. The highest BCUT2D eigenvalue weighted by Gasteiger charge is 2.17. The molecular formula is C10H21NO3. The van der Waals surface area contributed by atoms with Crippen LogP contribution in [0.4, 0.5) is 0 Å². The Morgan fingerprint density at radius 1 is 1.57 bits per heavy atom. The molecule has 0 aromatic rings. The molecular weight excluding hydrogens is 182 g/mol. The summed E-state index contributed by atoms with van der Waals surface area (Å²) < 4.78 is 10.6. The van der Waals surface area contributed by atoms with Gasteiger partial charge in [0.25, 0.3) is 0 Å². The summed E-state index contributed by atoms with van der Waals surface area (Å²) in [7, 11) is 0. The molecule has 2 atom stereocenters. The molecule has 0 aromatic carbocycles. The maximum atomic E-state index is 9.53. The summed E-state index contributed by atoms with van der Waals surface area (Å²) in [6, 6.07) is 0.402. The minimum absolute atomic E-state index is 0.184. The molecule has 0 spiro atoms. The lowest BCUT2D eigenvalue weighted by atomic mass is 10.3. The number of aliphatic hydroxyl groups excluding tert-OH is 1. The van der Waals surface area contributed by atoms with Crippen molar-refractivity contribution in [3.8, 4) is 0 Å². The van der Waals surface area contributed by atoms with Crippen LogP contribution in [-0.4, -0.2) is 49.7 Å². The monoisotopic (exact) mass is 203 g/mol. The van der Waals surface area contributed by atoms with E-state index in [-0.39, 0.29) is 6.10 Å². The van der Waals surface area contributed by atoms with Crippen molar-refractivity contribution in [1.29, 1.82) is 0 Å². The topological polar surface area (TPSA) is 50.7 Å². The van der Waals surface area contributed by atoms with E-state index >= 15 is 0 Å². The quantitative estimate of drug-likeness (QED) is 0.645. The Labute approximate surface area is 85.6 Å². The zero-order valence-corrected chi connectivity index (χ0v) is 9.03. The van der Waals surface area contributed by atoms with E-state index in [1.807, 2.05) is 0 Å². The van der Waals surface area contributed by atoms with Gasteiger partial charge in [0.2, 0.25) is 0 Å². The highest BCUT2D eigenvalue weighted by Crippen LogP contribution is 2.08. The molecule has 84 valence electrons. The first-order valence-corrected chi connectivity index (χ1v) is 5.29. The summed E-state index contributed by atoms with van der Waals surface area (Å²) in [6.07, 6.45) is 0.714. The van der Waals surface area contributed by atoms with E-state index in [0.29, 0.717) is 25.8 Å². The number of ether oxygens (including phenoxy) is 2. The number of aliphatic hydroxyl groups is 1. The summed E-state index contributed by atoms with van der Waals surface area (Å²) in [5.74, 6) is 0. The average molecular weight is 203 g/mol. The summed E-state index contributed by atoms with van der Waals surface area (Å²) in [5.41, 5.74) is 0. The van der Waals surface area contributed by atoms with E-state index in [1.54, 1.807) is 0 Å². The van der Waals surface area contributed by atoms with E-state index < -0.39 is 6.10 Å². The Bertz CT molecular complexity index is 146. The fraction of sp³-hybridized carbons (Fsp3) is 1.00. The van der Waals surface area contributed by atoms with Gasteiger partial charge in [-0.05, 0) is 6.42 Å². The van der Waals surface area contributed by atoms with Crippen LogP contribution in [0.3, 0.4) is 0 Å². The lowest BCUT2D eigenvalue weighted by molar-refractivity contribution is -0.0120. The van der Waals surface area contributed by atoms with Crippen molar-refractivity contribution < 1.29 is 14.6 Å². The number of hydrogen-bond donors (Lipinski definition) is 2.